The number of hydrogen-bond acceptors (Lipinski definition) is 3. The molecule has 94 valence electrons. The van der Waals surface area contributed by atoms with Crippen LogP contribution in [-0.4, -0.2) is 15.8 Å². The Balaban J connectivity index is 2.49. The SMILES string of the molecule is O=[N+]([O-])c1ccc2nc(Cl)c(CCCCl)cc2c1. The van der Waals surface area contributed by atoms with Gasteiger partial charge in [-0.25, -0.2) is 4.98 Å². The number of alkyl halides is 1. The van der Waals surface area contributed by atoms with Crippen molar-refractivity contribution in [3.8, 4) is 0 Å². The lowest BCUT2D eigenvalue weighted by atomic mass is 10.1. The van der Waals surface area contributed by atoms with Crippen LogP contribution in [0.5, 0.6) is 0 Å². The van der Waals surface area contributed by atoms with Crippen LogP contribution in [0.4, 0.5) is 5.69 Å². The maximum Gasteiger partial charge on any atom is 0.270 e. The quantitative estimate of drug-likeness (QED) is 0.369. The van der Waals surface area contributed by atoms with Crippen LogP contribution < -0.4 is 0 Å². The lowest BCUT2D eigenvalue weighted by molar-refractivity contribution is -0.384. The van der Waals surface area contributed by atoms with Crippen molar-refractivity contribution >= 4 is 39.8 Å². The second-order valence-corrected chi connectivity index (χ2v) is 4.60. The van der Waals surface area contributed by atoms with Gasteiger partial charge in [0, 0.05) is 23.4 Å². The number of fused-ring (bicyclic) bond motifs is 1. The largest absolute Gasteiger partial charge is 0.270 e. The Labute approximate surface area is 114 Å². The average Bonchev–Trinajstić information content (AvgIpc) is 2.35. The average molecular weight is 285 g/mol. The predicted octanol–water partition coefficient (Wildman–Crippen LogP) is 3.97. The summed E-state index contributed by atoms with van der Waals surface area (Å²) in [6.45, 7) is 0. The molecule has 18 heavy (non-hydrogen) atoms. The highest BCUT2D eigenvalue weighted by Crippen LogP contribution is 2.25. The zero-order valence-electron chi connectivity index (χ0n) is 9.40. The number of nitro groups is 1. The fraction of sp³-hybridized carbons (Fsp3) is 0.250. The molecule has 0 aliphatic carbocycles. The van der Waals surface area contributed by atoms with Gasteiger partial charge in [-0.2, -0.15) is 0 Å². The number of hydrogen-bond donors (Lipinski definition) is 0. The maximum atomic E-state index is 10.7. The second-order valence-electron chi connectivity index (χ2n) is 3.86. The molecule has 0 amide bonds. The summed E-state index contributed by atoms with van der Waals surface area (Å²) in [5.74, 6) is 0.545. The van der Waals surface area contributed by atoms with E-state index in [2.05, 4.69) is 4.98 Å². The molecule has 6 heteroatoms. The van der Waals surface area contributed by atoms with E-state index in [4.69, 9.17) is 23.2 Å². The van der Waals surface area contributed by atoms with Gasteiger partial charge in [-0.3, -0.25) is 10.1 Å². The van der Waals surface area contributed by atoms with Crippen LogP contribution in [0.15, 0.2) is 24.3 Å². The zero-order chi connectivity index (χ0) is 13.1. The molecule has 0 bridgehead atoms. The van der Waals surface area contributed by atoms with Crippen LogP contribution in [0.2, 0.25) is 5.15 Å². The van der Waals surface area contributed by atoms with E-state index in [-0.39, 0.29) is 5.69 Å². The Kier molecular flexibility index (Phi) is 3.99. The molecule has 0 spiro atoms. The Bertz CT molecular complexity index is 602. The Hall–Kier alpha value is -1.39. The molecule has 1 aromatic heterocycles. The van der Waals surface area contributed by atoms with Gasteiger partial charge in [0.1, 0.15) is 5.15 Å². The molecule has 0 saturated heterocycles. The van der Waals surface area contributed by atoms with E-state index in [1.807, 2.05) is 6.07 Å². The first-order chi connectivity index (χ1) is 8.61. The number of rotatable bonds is 4. The number of benzene rings is 1. The molecule has 1 aromatic carbocycles. The van der Waals surface area contributed by atoms with Crippen molar-refractivity contribution in [3.63, 3.8) is 0 Å². The Morgan fingerprint density at radius 2 is 2.11 bits per heavy atom. The smallest absolute Gasteiger partial charge is 0.258 e. The summed E-state index contributed by atoms with van der Waals surface area (Å²) in [6.07, 6.45) is 1.51. The fourth-order valence-corrected chi connectivity index (χ4v) is 2.10. The molecule has 0 radical (unpaired) electrons. The van der Waals surface area contributed by atoms with Crippen LogP contribution in [0.1, 0.15) is 12.0 Å². The summed E-state index contributed by atoms with van der Waals surface area (Å²) < 4.78 is 0. The minimum absolute atomic E-state index is 0.0508. The van der Waals surface area contributed by atoms with Crippen molar-refractivity contribution in [3.05, 3.63) is 45.1 Å². The Morgan fingerprint density at radius 3 is 2.78 bits per heavy atom. The second kappa shape index (κ2) is 5.50. The highest BCUT2D eigenvalue weighted by Gasteiger charge is 2.09. The lowest BCUT2D eigenvalue weighted by Crippen LogP contribution is -1.93. The van der Waals surface area contributed by atoms with Crippen molar-refractivity contribution in [2.45, 2.75) is 12.8 Å². The number of halogens is 2. The standard InChI is InChI=1S/C12H10Cl2N2O2/c13-5-1-2-8-6-9-7-10(16(17)18)3-4-11(9)15-12(8)14/h3-4,6-7H,1-2,5H2. The van der Waals surface area contributed by atoms with Crippen LogP contribution in [0.3, 0.4) is 0 Å². The summed E-state index contributed by atoms with van der Waals surface area (Å²) in [7, 11) is 0. The molecule has 2 aromatic rings. The van der Waals surface area contributed by atoms with Gasteiger partial charge in [0.15, 0.2) is 0 Å². The van der Waals surface area contributed by atoms with Gasteiger partial charge in [0.05, 0.1) is 10.4 Å². The minimum atomic E-state index is -0.424. The summed E-state index contributed by atoms with van der Waals surface area (Å²) in [5, 5.41) is 11.9. The van der Waals surface area contributed by atoms with Gasteiger partial charge in [-0.1, -0.05) is 11.6 Å². The molecule has 0 saturated carbocycles. The Morgan fingerprint density at radius 1 is 1.33 bits per heavy atom. The number of nitro benzene ring substituents is 1. The van der Waals surface area contributed by atoms with Gasteiger partial charge >= 0.3 is 0 Å². The summed E-state index contributed by atoms with van der Waals surface area (Å²) >= 11 is 11.7. The van der Waals surface area contributed by atoms with E-state index in [0.717, 1.165) is 17.4 Å². The number of aromatic nitrogens is 1. The molecule has 0 unspecified atom stereocenters. The number of non-ortho nitro benzene ring substituents is 1. The molecule has 0 aliphatic heterocycles. The summed E-state index contributed by atoms with van der Waals surface area (Å²) in [6, 6.07) is 6.36. The van der Waals surface area contributed by atoms with Crippen molar-refractivity contribution in [2.24, 2.45) is 0 Å². The first kappa shape index (κ1) is 13.1. The van der Waals surface area contributed by atoms with E-state index in [9.17, 15) is 10.1 Å². The molecule has 0 atom stereocenters. The van der Waals surface area contributed by atoms with Crippen molar-refractivity contribution in [1.82, 2.24) is 4.98 Å². The molecule has 2 rings (SSSR count). The highest BCUT2D eigenvalue weighted by atomic mass is 35.5. The molecular weight excluding hydrogens is 275 g/mol. The third-order valence-electron chi connectivity index (χ3n) is 2.61. The van der Waals surface area contributed by atoms with Crippen molar-refractivity contribution < 1.29 is 4.92 Å². The van der Waals surface area contributed by atoms with Gasteiger partial charge in [0.25, 0.3) is 5.69 Å². The molecule has 0 fully saturated rings. The third kappa shape index (κ3) is 2.71. The number of pyridine rings is 1. The van der Waals surface area contributed by atoms with Crippen LogP contribution >= 0.6 is 23.2 Å². The van der Waals surface area contributed by atoms with Gasteiger partial charge in [-0.05, 0) is 30.5 Å². The van der Waals surface area contributed by atoms with Gasteiger partial charge in [-0.15, -0.1) is 11.6 Å². The van der Waals surface area contributed by atoms with E-state index >= 15 is 0 Å². The predicted molar refractivity (Wildman–Crippen MR) is 72.4 cm³/mol. The molecule has 4 nitrogen and oxygen atoms in total. The van der Waals surface area contributed by atoms with Crippen molar-refractivity contribution in [2.75, 3.05) is 5.88 Å². The first-order valence-electron chi connectivity index (χ1n) is 5.41. The number of aryl methyl sites for hydroxylation is 1. The van der Waals surface area contributed by atoms with Gasteiger partial charge in [0.2, 0.25) is 0 Å². The van der Waals surface area contributed by atoms with E-state index < -0.39 is 4.92 Å². The molecule has 0 aliphatic rings. The number of nitrogens with zero attached hydrogens (tertiary/aromatic N) is 2. The minimum Gasteiger partial charge on any atom is -0.258 e. The lowest BCUT2D eigenvalue weighted by Gasteiger charge is -2.05. The summed E-state index contributed by atoms with van der Waals surface area (Å²) in [5.41, 5.74) is 1.57. The monoisotopic (exact) mass is 284 g/mol. The third-order valence-corrected chi connectivity index (χ3v) is 3.21. The van der Waals surface area contributed by atoms with Crippen molar-refractivity contribution in [1.29, 1.82) is 0 Å². The molecular formula is C12H10Cl2N2O2. The zero-order valence-corrected chi connectivity index (χ0v) is 10.9. The highest BCUT2D eigenvalue weighted by molar-refractivity contribution is 6.30. The van der Waals surface area contributed by atoms with Crippen LogP contribution in [0.25, 0.3) is 10.9 Å². The van der Waals surface area contributed by atoms with Crippen LogP contribution in [-0.2, 0) is 6.42 Å². The molecule has 0 N–H and O–H groups in total. The first-order valence-corrected chi connectivity index (χ1v) is 6.32. The maximum absolute atomic E-state index is 10.7. The van der Waals surface area contributed by atoms with E-state index in [1.165, 1.54) is 12.1 Å². The van der Waals surface area contributed by atoms with E-state index in [1.54, 1.807) is 6.07 Å². The fourth-order valence-electron chi connectivity index (χ4n) is 1.73. The normalized spacial score (nSPS) is 10.8. The van der Waals surface area contributed by atoms with Crippen LogP contribution in [0, 0.1) is 10.1 Å². The molecule has 1 heterocycles. The van der Waals surface area contributed by atoms with Gasteiger partial charge < -0.3 is 0 Å². The van der Waals surface area contributed by atoms with E-state index in [0.29, 0.717) is 23.0 Å². The summed E-state index contributed by atoms with van der Waals surface area (Å²) in [4.78, 5) is 14.5. The topological polar surface area (TPSA) is 56.0 Å².